The van der Waals surface area contributed by atoms with Crippen molar-refractivity contribution >= 4 is 0 Å². The quantitative estimate of drug-likeness (QED) is 0.916. The van der Waals surface area contributed by atoms with Crippen LogP contribution in [0.5, 0.6) is 0 Å². The van der Waals surface area contributed by atoms with Gasteiger partial charge >= 0.3 is 0 Å². The monoisotopic (exact) mass is 273 g/mol. The molecule has 0 saturated heterocycles. The van der Waals surface area contributed by atoms with Crippen molar-refractivity contribution in [1.29, 1.82) is 0 Å². The molecule has 0 aliphatic heterocycles. The lowest BCUT2D eigenvalue weighted by Gasteiger charge is -2.54. The van der Waals surface area contributed by atoms with Crippen LogP contribution in [0.25, 0.3) is 0 Å². The van der Waals surface area contributed by atoms with E-state index in [-0.39, 0.29) is 0 Å². The van der Waals surface area contributed by atoms with Gasteiger partial charge in [-0.25, -0.2) is 4.98 Å². The van der Waals surface area contributed by atoms with Crippen LogP contribution >= 0.6 is 0 Å². The topological polar surface area (TPSA) is 43.8 Å². The van der Waals surface area contributed by atoms with E-state index < -0.39 is 0 Å². The SMILES string of the molecule is CC(C)n1c(C2C3CC4CC(C3)CC2C4)cnc1CN. The smallest absolute Gasteiger partial charge is 0.122 e. The lowest BCUT2D eigenvalue weighted by atomic mass is 9.51. The molecule has 0 aromatic carbocycles. The zero-order valence-corrected chi connectivity index (χ0v) is 12.8. The highest BCUT2D eigenvalue weighted by molar-refractivity contribution is 5.19. The van der Waals surface area contributed by atoms with Gasteiger partial charge in [0.05, 0.1) is 6.54 Å². The highest BCUT2D eigenvalue weighted by Crippen LogP contribution is 2.59. The Hall–Kier alpha value is -0.830. The summed E-state index contributed by atoms with van der Waals surface area (Å²) in [6, 6.07) is 0.475. The van der Waals surface area contributed by atoms with Crippen LogP contribution in [0.15, 0.2) is 6.20 Å². The van der Waals surface area contributed by atoms with Crippen molar-refractivity contribution in [3.8, 4) is 0 Å². The molecule has 0 atom stereocenters. The summed E-state index contributed by atoms with van der Waals surface area (Å²) in [5.41, 5.74) is 7.39. The Balaban J connectivity index is 1.73. The largest absolute Gasteiger partial charge is 0.328 e. The van der Waals surface area contributed by atoms with Gasteiger partial charge in [-0.05, 0) is 69.6 Å². The first kappa shape index (κ1) is 12.9. The molecule has 4 fully saturated rings. The molecule has 1 aromatic rings. The molecule has 1 heterocycles. The van der Waals surface area contributed by atoms with Crippen molar-refractivity contribution in [2.75, 3.05) is 0 Å². The zero-order chi connectivity index (χ0) is 13.9. The predicted molar refractivity (Wildman–Crippen MR) is 80.3 cm³/mol. The van der Waals surface area contributed by atoms with E-state index in [1.165, 1.54) is 37.8 Å². The van der Waals surface area contributed by atoms with E-state index in [9.17, 15) is 0 Å². The second kappa shape index (κ2) is 4.59. The summed E-state index contributed by atoms with van der Waals surface area (Å²) in [7, 11) is 0. The van der Waals surface area contributed by atoms with Gasteiger partial charge in [0.2, 0.25) is 0 Å². The van der Waals surface area contributed by atoms with Crippen LogP contribution in [0.2, 0.25) is 0 Å². The Bertz CT molecular complexity index is 474. The minimum Gasteiger partial charge on any atom is -0.328 e. The second-order valence-corrected chi connectivity index (χ2v) is 7.72. The van der Waals surface area contributed by atoms with E-state index in [4.69, 9.17) is 5.73 Å². The first-order valence-corrected chi connectivity index (χ1v) is 8.43. The number of imidazole rings is 1. The van der Waals surface area contributed by atoms with Crippen molar-refractivity contribution in [2.24, 2.45) is 29.4 Å². The normalized spacial score (nSPS) is 38.9. The van der Waals surface area contributed by atoms with Crippen LogP contribution in [0.3, 0.4) is 0 Å². The van der Waals surface area contributed by atoms with Crippen molar-refractivity contribution in [3.05, 3.63) is 17.7 Å². The molecule has 3 heteroatoms. The van der Waals surface area contributed by atoms with E-state index in [0.717, 1.165) is 35.4 Å². The van der Waals surface area contributed by atoms with Gasteiger partial charge in [0.25, 0.3) is 0 Å². The van der Waals surface area contributed by atoms with E-state index in [1.807, 2.05) is 0 Å². The minimum absolute atomic E-state index is 0.475. The third-order valence-electron chi connectivity index (χ3n) is 6.17. The van der Waals surface area contributed by atoms with E-state index in [1.54, 1.807) is 0 Å². The third kappa shape index (κ3) is 1.78. The maximum absolute atomic E-state index is 5.89. The van der Waals surface area contributed by atoms with Crippen LogP contribution in [0.4, 0.5) is 0 Å². The first-order chi connectivity index (χ1) is 9.67. The average Bonchev–Trinajstić information content (AvgIpc) is 2.81. The summed E-state index contributed by atoms with van der Waals surface area (Å²) < 4.78 is 2.44. The third-order valence-corrected chi connectivity index (χ3v) is 6.17. The Morgan fingerprint density at radius 3 is 2.25 bits per heavy atom. The molecule has 2 N–H and O–H groups in total. The number of rotatable bonds is 3. The molecule has 110 valence electrons. The molecule has 4 bridgehead atoms. The molecule has 0 unspecified atom stereocenters. The molecule has 3 nitrogen and oxygen atoms in total. The summed E-state index contributed by atoms with van der Waals surface area (Å²) in [5, 5.41) is 0. The zero-order valence-electron chi connectivity index (χ0n) is 12.8. The predicted octanol–water partition coefficient (Wildman–Crippen LogP) is 3.46. The molecule has 0 spiro atoms. The Morgan fingerprint density at radius 1 is 1.15 bits per heavy atom. The Kier molecular flexibility index (Phi) is 2.95. The Labute approximate surface area is 122 Å². The van der Waals surface area contributed by atoms with Gasteiger partial charge < -0.3 is 10.3 Å². The highest BCUT2D eigenvalue weighted by atomic mass is 15.1. The van der Waals surface area contributed by atoms with Crippen LogP contribution in [-0.2, 0) is 6.54 Å². The molecule has 4 saturated carbocycles. The number of hydrogen-bond acceptors (Lipinski definition) is 2. The van der Waals surface area contributed by atoms with Crippen molar-refractivity contribution < 1.29 is 0 Å². The van der Waals surface area contributed by atoms with Gasteiger partial charge in [0.1, 0.15) is 5.82 Å². The lowest BCUT2D eigenvalue weighted by Crippen LogP contribution is -2.44. The molecule has 1 aromatic heterocycles. The maximum atomic E-state index is 5.89. The van der Waals surface area contributed by atoms with Gasteiger partial charge in [-0.15, -0.1) is 0 Å². The van der Waals surface area contributed by atoms with Crippen LogP contribution < -0.4 is 5.73 Å². The molecule has 0 amide bonds. The number of hydrogen-bond donors (Lipinski definition) is 1. The van der Waals surface area contributed by atoms with Crippen molar-refractivity contribution in [3.63, 3.8) is 0 Å². The molecule has 5 rings (SSSR count). The summed E-state index contributed by atoms with van der Waals surface area (Å²) in [6.45, 7) is 5.09. The summed E-state index contributed by atoms with van der Waals surface area (Å²) in [5.74, 6) is 5.76. The Morgan fingerprint density at radius 2 is 1.75 bits per heavy atom. The van der Waals surface area contributed by atoms with Crippen molar-refractivity contribution in [2.45, 2.75) is 64.5 Å². The fourth-order valence-corrected chi connectivity index (χ4v) is 5.82. The molecule has 0 radical (unpaired) electrons. The van der Waals surface area contributed by atoms with Gasteiger partial charge in [0.15, 0.2) is 0 Å². The fraction of sp³-hybridized carbons (Fsp3) is 0.824. The maximum Gasteiger partial charge on any atom is 0.122 e. The first-order valence-electron chi connectivity index (χ1n) is 8.43. The molecule has 20 heavy (non-hydrogen) atoms. The van der Waals surface area contributed by atoms with Crippen LogP contribution in [0, 0.1) is 23.7 Å². The van der Waals surface area contributed by atoms with E-state index >= 15 is 0 Å². The number of aromatic nitrogens is 2. The molecule has 4 aliphatic rings. The minimum atomic E-state index is 0.475. The van der Waals surface area contributed by atoms with E-state index in [0.29, 0.717) is 12.6 Å². The fourth-order valence-electron chi connectivity index (χ4n) is 5.82. The molecule has 4 aliphatic carbocycles. The number of nitrogens with two attached hydrogens (primary N) is 1. The van der Waals surface area contributed by atoms with Gasteiger partial charge in [-0.3, -0.25) is 0 Å². The lowest BCUT2D eigenvalue weighted by molar-refractivity contribution is -0.00560. The molecular formula is C17H27N3. The van der Waals surface area contributed by atoms with E-state index in [2.05, 4.69) is 29.6 Å². The average molecular weight is 273 g/mol. The van der Waals surface area contributed by atoms with Crippen LogP contribution in [-0.4, -0.2) is 9.55 Å². The van der Waals surface area contributed by atoms with Gasteiger partial charge in [0, 0.05) is 23.9 Å². The summed E-state index contributed by atoms with van der Waals surface area (Å²) >= 11 is 0. The second-order valence-electron chi connectivity index (χ2n) is 7.72. The molecular weight excluding hydrogens is 246 g/mol. The highest BCUT2D eigenvalue weighted by Gasteiger charge is 2.49. The van der Waals surface area contributed by atoms with Gasteiger partial charge in [-0.1, -0.05) is 0 Å². The van der Waals surface area contributed by atoms with Crippen LogP contribution in [0.1, 0.15) is 69.4 Å². The standard InChI is InChI=1S/C17H27N3/c1-10(2)20-15(9-19-16(20)8-18)17-13-4-11-3-12(6-13)7-14(17)5-11/h9-14,17H,3-8,18H2,1-2H3. The van der Waals surface area contributed by atoms with Gasteiger partial charge in [-0.2, -0.15) is 0 Å². The summed E-state index contributed by atoms with van der Waals surface area (Å²) in [6.07, 6.45) is 9.56. The summed E-state index contributed by atoms with van der Waals surface area (Å²) in [4.78, 5) is 4.63. The van der Waals surface area contributed by atoms with Crippen molar-refractivity contribution in [1.82, 2.24) is 9.55 Å². The number of nitrogens with zero attached hydrogens (tertiary/aromatic N) is 2.